The summed E-state index contributed by atoms with van der Waals surface area (Å²) >= 11 is 0. The van der Waals surface area contributed by atoms with Gasteiger partial charge in [0.15, 0.2) is 0 Å². The zero-order valence-corrected chi connectivity index (χ0v) is 10.6. The largest absolute Gasteiger partial charge is 0.481 e. The zero-order chi connectivity index (χ0) is 13.0. The fraction of sp³-hybridized carbons (Fsp3) is 0.583. The van der Waals surface area contributed by atoms with Crippen LogP contribution in [0.4, 0.5) is 5.82 Å². The minimum atomic E-state index is -0.152. The highest BCUT2D eigenvalue weighted by atomic mass is 16.5. The van der Waals surface area contributed by atoms with E-state index in [1.807, 2.05) is 0 Å². The van der Waals surface area contributed by atoms with Crippen LogP contribution in [0.15, 0.2) is 12.4 Å². The van der Waals surface area contributed by atoms with Crippen LogP contribution in [-0.4, -0.2) is 43.2 Å². The van der Waals surface area contributed by atoms with Crippen molar-refractivity contribution in [2.75, 3.05) is 32.2 Å². The van der Waals surface area contributed by atoms with Crippen LogP contribution in [0.1, 0.15) is 12.8 Å². The average molecular weight is 251 g/mol. The smallest absolute Gasteiger partial charge is 0.310 e. The Kier molecular flexibility index (Phi) is 3.96. The van der Waals surface area contributed by atoms with Gasteiger partial charge < -0.3 is 14.4 Å². The third-order valence-electron chi connectivity index (χ3n) is 3.12. The summed E-state index contributed by atoms with van der Waals surface area (Å²) in [4.78, 5) is 21.8. The van der Waals surface area contributed by atoms with Crippen molar-refractivity contribution in [3.63, 3.8) is 0 Å². The van der Waals surface area contributed by atoms with Crippen molar-refractivity contribution in [3.8, 4) is 5.88 Å². The Labute approximate surface area is 106 Å². The fourth-order valence-electron chi connectivity index (χ4n) is 2.16. The minimum Gasteiger partial charge on any atom is -0.481 e. The summed E-state index contributed by atoms with van der Waals surface area (Å²) in [7, 11) is 2.99. The maximum atomic E-state index is 11.6. The lowest BCUT2D eigenvalue weighted by Gasteiger charge is -2.32. The molecule has 0 bridgehead atoms. The van der Waals surface area contributed by atoms with Crippen LogP contribution >= 0.6 is 0 Å². The number of hydrogen-bond donors (Lipinski definition) is 0. The van der Waals surface area contributed by atoms with Crippen LogP contribution in [0, 0.1) is 5.92 Å². The number of carbonyl (C=O) groups is 1. The number of aromatic nitrogens is 2. The van der Waals surface area contributed by atoms with E-state index in [1.165, 1.54) is 13.4 Å². The van der Waals surface area contributed by atoms with Crippen LogP contribution in [0.5, 0.6) is 5.88 Å². The first-order valence-corrected chi connectivity index (χ1v) is 5.93. The maximum absolute atomic E-state index is 11.6. The van der Waals surface area contributed by atoms with Gasteiger partial charge in [-0.25, -0.2) is 9.97 Å². The summed E-state index contributed by atoms with van der Waals surface area (Å²) in [5.74, 6) is 1.08. The first-order chi connectivity index (χ1) is 8.74. The number of anilines is 1. The second-order valence-electron chi connectivity index (χ2n) is 4.23. The summed E-state index contributed by atoms with van der Waals surface area (Å²) in [5, 5.41) is 0. The van der Waals surface area contributed by atoms with E-state index in [9.17, 15) is 4.79 Å². The lowest BCUT2D eigenvalue weighted by Crippen LogP contribution is -2.39. The summed E-state index contributed by atoms with van der Waals surface area (Å²) in [6.45, 7) is 1.51. The Morgan fingerprint density at radius 3 is 3.00 bits per heavy atom. The number of methoxy groups -OCH3 is 2. The van der Waals surface area contributed by atoms with E-state index >= 15 is 0 Å². The number of hydrogen-bond acceptors (Lipinski definition) is 6. The highest BCUT2D eigenvalue weighted by molar-refractivity contribution is 5.73. The van der Waals surface area contributed by atoms with Gasteiger partial charge in [0.1, 0.15) is 12.1 Å². The Morgan fingerprint density at radius 2 is 2.28 bits per heavy atom. The van der Waals surface area contributed by atoms with Gasteiger partial charge in [-0.05, 0) is 12.8 Å². The van der Waals surface area contributed by atoms with E-state index in [2.05, 4.69) is 14.9 Å². The molecule has 98 valence electrons. The van der Waals surface area contributed by atoms with E-state index in [1.54, 1.807) is 13.2 Å². The summed E-state index contributed by atoms with van der Waals surface area (Å²) in [5.41, 5.74) is 0. The number of carbonyl (C=O) groups excluding carboxylic acids is 1. The molecule has 6 heteroatoms. The second kappa shape index (κ2) is 5.66. The fourth-order valence-corrected chi connectivity index (χ4v) is 2.16. The molecule has 2 heterocycles. The molecule has 1 unspecified atom stereocenters. The van der Waals surface area contributed by atoms with E-state index in [0.717, 1.165) is 25.2 Å². The van der Waals surface area contributed by atoms with Crippen molar-refractivity contribution in [1.82, 2.24) is 9.97 Å². The molecule has 1 saturated heterocycles. The molecule has 0 radical (unpaired) electrons. The molecule has 0 aliphatic carbocycles. The van der Waals surface area contributed by atoms with Crippen LogP contribution in [0.3, 0.4) is 0 Å². The molecule has 18 heavy (non-hydrogen) atoms. The molecule has 1 aliphatic heterocycles. The van der Waals surface area contributed by atoms with Crippen molar-refractivity contribution in [1.29, 1.82) is 0 Å². The van der Waals surface area contributed by atoms with Crippen molar-refractivity contribution >= 4 is 11.8 Å². The summed E-state index contributed by atoms with van der Waals surface area (Å²) in [6, 6.07) is 1.78. The highest BCUT2D eigenvalue weighted by Gasteiger charge is 2.27. The Morgan fingerprint density at radius 1 is 1.44 bits per heavy atom. The average Bonchev–Trinajstić information content (AvgIpc) is 2.46. The molecule has 0 spiro atoms. The SMILES string of the molecule is COC(=O)C1CCCN(c2cc(OC)ncn2)C1. The Bertz CT molecular complexity index is 425. The predicted molar refractivity (Wildman–Crippen MR) is 65.5 cm³/mol. The van der Waals surface area contributed by atoms with Gasteiger partial charge in [0.2, 0.25) is 5.88 Å². The van der Waals surface area contributed by atoms with E-state index in [4.69, 9.17) is 9.47 Å². The summed E-state index contributed by atoms with van der Waals surface area (Å²) in [6.07, 6.45) is 3.29. The predicted octanol–water partition coefficient (Wildman–Crippen LogP) is 0.875. The number of ether oxygens (including phenoxy) is 2. The first kappa shape index (κ1) is 12.6. The lowest BCUT2D eigenvalue weighted by atomic mass is 9.98. The van der Waals surface area contributed by atoms with E-state index in [-0.39, 0.29) is 11.9 Å². The molecule has 2 rings (SSSR count). The number of rotatable bonds is 3. The van der Waals surface area contributed by atoms with Crippen LogP contribution < -0.4 is 9.64 Å². The van der Waals surface area contributed by atoms with Crippen molar-refractivity contribution < 1.29 is 14.3 Å². The second-order valence-corrected chi connectivity index (χ2v) is 4.23. The normalized spacial score (nSPS) is 19.4. The molecule has 0 aromatic carbocycles. The molecule has 0 amide bonds. The number of piperidine rings is 1. The van der Waals surface area contributed by atoms with Gasteiger partial charge in [-0.15, -0.1) is 0 Å². The highest BCUT2D eigenvalue weighted by Crippen LogP contribution is 2.23. The lowest BCUT2D eigenvalue weighted by molar-refractivity contribution is -0.145. The number of nitrogens with zero attached hydrogens (tertiary/aromatic N) is 3. The van der Waals surface area contributed by atoms with Gasteiger partial charge in [0, 0.05) is 19.2 Å². The monoisotopic (exact) mass is 251 g/mol. The Balaban J connectivity index is 2.10. The van der Waals surface area contributed by atoms with Crippen molar-refractivity contribution in [2.24, 2.45) is 5.92 Å². The zero-order valence-electron chi connectivity index (χ0n) is 10.6. The van der Waals surface area contributed by atoms with Crippen molar-refractivity contribution in [3.05, 3.63) is 12.4 Å². The molecule has 1 aromatic heterocycles. The topological polar surface area (TPSA) is 64.5 Å². The standard InChI is InChI=1S/C12H17N3O3/c1-17-11-6-10(13-8-14-11)15-5-3-4-9(7-15)12(16)18-2/h6,8-9H,3-5,7H2,1-2H3. The maximum Gasteiger partial charge on any atom is 0.310 e. The van der Waals surface area contributed by atoms with Crippen LogP contribution in [-0.2, 0) is 9.53 Å². The molecule has 6 nitrogen and oxygen atoms in total. The van der Waals surface area contributed by atoms with Gasteiger partial charge in [-0.2, -0.15) is 0 Å². The minimum absolute atomic E-state index is 0.0790. The summed E-state index contributed by atoms with van der Waals surface area (Å²) < 4.78 is 9.87. The molecule has 1 fully saturated rings. The molecule has 1 aliphatic rings. The molecule has 1 aromatic rings. The van der Waals surface area contributed by atoms with Crippen LogP contribution in [0.2, 0.25) is 0 Å². The van der Waals surface area contributed by atoms with E-state index < -0.39 is 0 Å². The quantitative estimate of drug-likeness (QED) is 0.743. The van der Waals surface area contributed by atoms with Crippen LogP contribution in [0.25, 0.3) is 0 Å². The molecule has 1 atom stereocenters. The van der Waals surface area contributed by atoms with Gasteiger partial charge >= 0.3 is 5.97 Å². The van der Waals surface area contributed by atoms with Crippen molar-refractivity contribution in [2.45, 2.75) is 12.8 Å². The first-order valence-electron chi connectivity index (χ1n) is 5.93. The number of esters is 1. The van der Waals surface area contributed by atoms with Gasteiger partial charge in [0.25, 0.3) is 0 Å². The Hall–Kier alpha value is -1.85. The molecule has 0 N–H and O–H groups in total. The third kappa shape index (κ3) is 2.69. The molecular formula is C12H17N3O3. The van der Waals surface area contributed by atoms with Gasteiger partial charge in [-0.1, -0.05) is 0 Å². The van der Waals surface area contributed by atoms with E-state index in [0.29, 0.717) is 12.4 Å². The van der Waals surface area contributed by atoms with Gasteiger partial charge in [-0.3, -0.25) is 4.79 Å². The third-order valence-corrected chi connectivity index (χ3v) is 3.12. The molecular weight excluding hydrogens is 234 g/mol. The molecule has 0 saturated carbocycles. The van der Waals surface area contributed by atoms with Gasteiger partial charge in [0.05, 0.1) is 20.1 Å².